The summed E-state index contributed by atoms with van der Waals surface area (Å²) in [6.07, 6.45) is 3.93. The van der Waals surface area contributed by atoms with E-state index in [1.807, 2.05) is 13.8 Å². The molecule has 0 saturated carbocycles. The largest absolute Gasteiger partial charge is 0.439 e. The van der Waals surface area contributed by atoms with E-state index in [0.29, 0.717) is 12.0 Å². The van der Waals surface area contributed by atoms with Crippen LogP contribution in [0.25, 0.3) is 0 Å². The zero-order valence-electron chi connectivity index (χ0n) is 25.1. The zero-order valence-corrected chi connectivity index (χ0v) is 25.1. The smallest absolute Gasteiger partial charge is 0.405 e. The molecule has 1 aliphatic heterocycles. The van der Waals surface area contributed by atoms with Gasteiger partial charge in [0.2, 0.25) is 11.6 Å². The summed E-state index contributed by atoms with van der Waals surface area (Å²) < 4.78 is 16.6. The van der Waals surface area contributed by atoms with E-state index in [1.54, 1.807) is 51.1 Å². The van der Waals surface area contributed by atoms with Crippen molar-refractivity contribution in [3.8, 4) is 0 Å². The van der Waals surface area contributed by atoms with E-state index in [0.717, 1.165) is 6.08 Å². The van der Waals surface area contributed by atoms with Crippen molar-refractivity contribution in [1.29, 1.82) is 0 Å². The van der Waals surface area contributed by atoms with Crippen LogP contribution in [0.4, 0.5) is 4.79 Å². The number of allylic oxidation sites excluding steroid dienone is 4. The second kappa shape index (κ2) is 14.9. The number of likely N-dealkylation sites (N-methyl/N-ethyl adjacent to an activating group) is 1. The number of aliphatic hydroxyl groups is 1. The van der Waals surface area contributed by atoms with Crippen molar-refractivity contribution in [3.63, 3.8) is 0 Å². The van der Waals surface area contributed by atoms with Crippen LogP contribution in [0.1, 0.15) is 40.5 Å². The van der Waals surface area contributed by atoms with Crippen molar-refractivity contribution in [2.24, 2.45) is 17.6 Å². The Bertz CT molecular complexity index is 1180. The number of nitrogens with one attached hydrogen (secondary N) is 1. The minimum absolute atomic E-state index is 0.107. The summed E-state index contributed by atoms with van der Waals surface area (Å²) in [4.78, 5) is 52.8. The van der Waals surface area contributed by atoms with E-state index in [4.69, 9.17) is 19.9 Å². The molecule has 0 saturated heterocycles. The van der Waals surface area contributed by atoms with E-state index in [1.165, 1.54) is 20.3 Å². The molecule has 2 amide bonds. The molecular formula is C30H43N3O8. The Morgan fingerprint density at radius 3 is 2.34 bits per heavy atom. The summed E-state index contributed by atoms with van der Waals surface area (Å²) >= 11 is 0. The molecule has 2 aliphatic rings. The molecule has 0 spiro atoms. The third-order valence-electron chi connectivity index (χ3n) is 7.21. The average Bonchev–Trinajstić information content (AvgIpc) is 2.89. The predicted molar refractivity (Wildman–Crippen MR) is 153 cm³/mol. The number of methoxy groups -OCH3 is 2. The first-order valence-corrected chi connectivity index (χ1v) is 13.5. The molecule has 226 valence electrons. The molecule has 1 heterocycles. The molecule has 11 heteroatoms. The lowest BCUT2D eigenvalue weighted by Gasteiger charge is -2.30. The Morgan fingerprint density at radius 1 is 1.12 bits per heavy atom. The van der Waals surface area contributed by atoms with Gasteiger partial charge in [-0.25, -0.2) is 4.79 Å². The molecular weight excluding hydrogens is 530 g/mol. The topological polar surface area (TPSA) is 157 Å². The van der Waals surface area contributed by atoms with Crippen LogP contribution in [0.5, 0.6) is 0 Å². The minimum Gasteiger partial charge on any atom is -0.439 e. The SMILES string of the molecule is CO[C@H]1C[C@H](C)CC2=C(N(C)C)C(=O)C=C(NC(=O)/C(C)=C/C=C\[C@@H](OC)[C@@H](OC(N)=O)/C(C)=C/[C@H](C)[C@H]1O)C2=O. The van der Waals surface area contributed by atoms with Crippen LogP contribution in [0, 0.1) is 11.8 Å². The lowest BCUT2D eigenvalue weighted by atomic mass is 9.85. The summed E-state index contributed by atoms with van der Waals surface area (Å²) in [5.74, 6) is -2.00. The Hall–Kier alpha value is -3.54. The molecule has 2 bridgehead atoms. The van der Waals surface area contributed by atoms with Gasteiger partial charge in [0.05, 0.1) is 23.6 Å². The van der Waals surface area contributed by atoms with Crippen LogP contribution in [-0.2, 0) is 28.6 Å². The van der Waals surface area contributed by atoms with Crippen molar-refractivity contribution in [3.05, 3.63) is 58.5 Å². The van der Waals surface area contributed by atoms with Crippen LogP contribution in [-0.4, -0.2) is 86.3 Å². The van der Waals surface area contributed by atoms with Gasteiger partial charge in [-0.2, -0.15) is 0 Å². The fraction of sp³-hybridized carbons (Fsp3) is 0.533. The van der Waals surface area contributed by atoms with Gasteiger partial charge in [0.25, 0.3) is 5.91 Å². The van der Waals surface area contributed by atoms with Crippen molar-refractivity contribution >= 4 is 23.6 Å². The Morgan fingerprint density at radius 2 is 1.78 bits per heavy atom. The van der Waals surface area contributed by atoms with E-state index in [2.05, 4.69) is 5.32 Å². The molecule has 6 atom stereocenters. The highest BCUT2D eigenvalue weighted by atomic mass is 16.6. The lowest BCUT2D eigenvalue weighted by Crippen LogP contribution is -2.37. The molecule has 0 aromatic carbocycles. The number of ether oxygens (including phenoxy) is 3. The first-order chi connectivity index (χ1) is 19.2. The van der Waals surface area contributed by atoms with Crippen LogP contribution in [0.2, 0.25) is 0 Å². The first kappa shape index (κ1) is 33.7. The summed E-state index contributed by atoms with van der Waals surface area (Å²) in [6, 6.07) is 0. The van der Waals surface area contributed by atoms with E-state index >= 15 is 0 Å². The number of carbonyl (C=O) groups is 4. The second-order valence-corrected chi connectivity index (χ2v) is 10.8. The highest BCUT2D eigenvalue weighted by Gasteiger charge is 2.34. The number of primary amides is 1. The second-order valence-electron chi connectivity index (χ2n) is 10.8. The van der Waals surface area contributed by atoms with Gasteiger partial charge >= 0.3 is 6.09 Å². The number of carbonyl (C=O) groups excluding carboxylic acids is 4. The van der Waals surface area contributed by atoms with Gasteiger partial charge in [-0.1, -0.05) is 38.2 Å². The Labute approximate surface area is 241 Å². The molecule has 41 heavy (non-hydrogen) atoms. The maximum absolute atomic E-state index is 13.5. The van der Waals surface area contributed by atoms with Gasteiger partial charge in [0.1, 0.15) is 6.10 Å². The Balaban J connectivity index is 2.63. The number of hydrogen-bond donors (Lipinski definition) is 3. The third kappa shape index (κ3) is 8.72. The normalized spacial score (nSPS) is 32.2. The molecule has 0 aromatic heterocycles. The van der Waals surface area contributed by atoms with Gasteiger partial charge < -0.3 is 35.3 Å². The van der Waals surface area contributed by atoms with Crippen LogP contribution >= 0.6 is 0 Å². The standard InChI is InChI=1S/C30H43N3O8/c1-16-12-20-25(33(5)6)22(34)15-21(27(20)36)32-29(37)17(2)10-9-11-23(39-7)28(41-30(31)38)19(4)14-18(3)26(35)24(13-16)40-8/h9-11,14-16,18,23-24,26,28,35H,12-13H2,1-8H3,(H2,31,38)(H,32,37)/b11-9-,17-10+,19-14+/t16-,18+,23-,24+,26-,28+/m1/s1. The highest BCUT2D eigenvalue weighted by molar-refractivity contribution is 6.23. The molecule has 0 aromatic rings. The number of nitrogens with zero attached hydrogens (tertiary/aromatic N) is 1. The number of nitrogens with two attached hydrogens (primary N) is 1. The number of aliphatic hydroxyl groups excluding tert-OH is 1. The Kier molecular flexibility index (Phi) is 12.2. The van der Waals surface area contributed by atoms with Gasteiger partial charge in [-0.3, -0.25) is 14.4 Å². The highest BCUT2D eigenvalue weighted by Crippen LogP contribution is 2.30. The fourth-order valence-electron chi connectivity index (χ4n) is 5.06. The summed E-state index contributed by atoms with van der Waals surface area (Å²) in [6.45, 7) is 7.01. The van der Waals surface area contributed by atoms with Crippen LogP contribution in [0.3, 0.4) is 0 Å². The maximum Gasteiger partial charge on any atom is 0.405 e. The third-order valence-corrected chi connectivity index (χ3v) is 7.21. The quantitative estimate of drug-likeness (QED) is 0.339. The fourth-order valence-corrected chi connectivity index (χ4v) is 5.06. The van der Waals surface area contributed by atoms with E-state index in [-0.39, 0.29) is 40.7 Å². The van der Waals surface area contributed by atoms with Crippen molar-refractivity contribution in [2.75, 3.05) is 28.3 Å². The van der Waals surface area contributed by atoms with Crippen LogP contribution in [0.15, 0.2) is 58.5 Å². The van der Waals surface area contributed by atoms with E-state index < -0.39 is 48.1 Å². The van der Waals surface area contributed by atoms with Crippen molar-refractivity contribution in [2.45, 2.75) is 65.0 Å². The van der Waals surface area contributed by atoms with Gasteiger partial charge in [-0.05, 0) is 38.2 Å². The van der Waals surface area contributed by atoms with Gasteiger partial charge in [-0.15, -0.1) is 0 Å². The molecule has 0 radical (unpaired) electrons. The number of Topliss-reactive ketones (excluding diaryl/α,β-unsaturated/α-hetero) is 1. The first-order valence-electron chi connectivity index (χ1n) is 13.5. The average molecular weight is 574 g/mol. The predicted octanol–water partition coefficient (Wildman–Crippen LogP) is 2.32. The lowest BCUT2D eigenvalue weighted by molar-refractivity contribution is -0.120. The molecule has 1 aliphatic carbocycles. The molecule has 2 rings (SSSR count). The monoisotopic (exact) mass is 573 g/mol. The summed E-state index contributed by atoms with van der Waals surface area (Å²) in [5, 5.41) is 13.8. The molecule has 4 N–H and O–H groups in total. The molecule has 0 unspecified atom stereocenters. The number of rotatable bonds is 4. The maximum atomic E-state index is 13.5. The zero-order chi connectivity index (χ0) is 31.0. The van der Waals surface area contributed by atoms with Crippen molar-refractivity contribution < 1.29 is 38.5 Å². The van der Waals surface area contributed by atoms with Gasteiger partial charge in [0.15, 0.2) is 6.10 Å². The summed E-state index contributed by atoms with van der Waals surface area (Å²) in [5.41, 5.74) is 6.62. The number of ketones is 2. The van der Waals surface area contributed by atoms with Gasteiger partial charge in [0, 0.05) is 51.5 Å². The number of hydrogen-bond acceptors (Lipinski definition) is 9. The van der Waals surface area contributed by atoms with E-state index in [9.17, 15) is 24.3 Å². The van der Waals surface area contributed by atoms with Crippen LogP contribution < -0.4 is 11.1 Å². The molecule has 11 nitrogen and oxygen atoms in total. The number of fused-ring (bicyclic) bond motifs is 2. The van der Waals surface area contributed by atoms with Crippen molar-refractivity contribution in [1.82, 2.24) is 10.2 Å². The number of amides is 2. The minimum atomic E-state index is -0.996. The summed E-state index contributed by atoms with van der Waals surface area (Å²) in [7, 11) is 6.30. The molecule has 0 fully saturated rings.